The molecule has 1 aromatic rings. The zero-order chi connectivity index (χ0) is 16.9. The Morgan fingerprint density at radius 2 is 1.91 bits per heavy atom. The second-order valence-corrected chi connectivity index (χ2v) is 7.91. The molecule has 0 bridgehead atoms. The van der Waals surface area contributed by atoms with E-state index in [0.717, 1.165) is 12.8 Å². The Kier molecular flexibility index (Phi) is 5.61. The van der Waals surface area contributed by atoms with E-state index in [1.54, 1.807) is 12.1 Å². The maximum absolute atomic E-state index is 12.6. The monoisotopic (exact) mass is 335 g/mol. The molecule has 1 aliphatic carbocycles. The van der Waals surface area contributed by atoms with Gasteiger partial charge < -0.3 is 11.1 Å². The Hall–Kier alpha value is -2.07. The van der Waals surface area contributed by atoms with Gasteiger partial charge in [-0.3, -0.25) is 4.79 Å². The highest BCUT2D eigenvalue weighted by Crippen LogP contribution is 2.32. The van der Waals surface area contributed by atoms with Crippen LogP contribution in [0.4, 0.5) is 5.69 Å². The van der Waals surface area contributed by atoms with Crippen molar-refractivity contribution in [1.29, 1.82) is 5.26 Å². The summed E-state index contributed by atoms with van der Waals surface area (Å²) in [4.78, 5) is 12.4. The number of carbonyl (C=O) groups is 1. The predicted molar refractivity (Wildman–Crippen MR) is 87.0 cm³/mol. The lowest BCUT2D eigenvalue weighted by atomic mass is 9.80. The van der Waals surface area contributed by atoms with Crippen LogP contribution in [0.15, 0.2) is 29.2 Å². The van der Waals surface area contributed by atoms with E-state index >= 15 is 0 Å². The first-order valence-corrected chi connectivity index (χ1v) is 9.32. The molecule has 3 N–H and O–H groups in total. The van der Waals surface area contributed by atoms with Crippen molar-refractivity contribution in [2.45, 2.75) is 30.6 Å². The molecular weight excluding hydrogens is 314 g/mol. The van der Waals surface area contributed by atoms with Crippen LogP contribution in [-0.2, 0) is 14.6 Å². The number of carbonyl (C=O) groups excluding carboxylic acids is 1. The molecule has 1 amide bonds. The van der Waals surface area contributed by atoms with E-state index in [1.807, 2.05) is 6.07 Å². The average molecular weight is 335 g/mol. The number of hydrogen-bond acceptors (Lipinski definition) is 5. The number of nitrogens with two attached hydrogens (primary N) is 1. The van der Waals surface area contributed by atoms with Crippen LogP contribution < -0.4 is 11.1 Å². The summed E-state index contributed by atoms with van der Waals surface area (Å²) in [6.45, 7) is -0.0488. The fourth-order valence-electron chi connectivity index (χ4n) is 3.06. The summed E-state index contributed by atoms with van der Waals surface area (Å²) >= 11 is 0. The van der Waals surface area contributed by atoms with E-state index in [4.69, 9.17) is 11.0 Å². The minimum Gasteiger partial charge on any atom is -0.399 e. The quantitative estimate of drug-likeness (QED) is 0.625. The first kappa shape index (κ1) is 17.3. The van der Waals surface area contributed by atoms with Gasteiger partial charge in [-0.15, -0.1) is 0 Å². The summed E-state index contributed by atoms with van der Waals surface area (Å²) in [5, 5.41) is 11.1. The third-order valence-electron chi connectivity index (χ3n) is 4.26. The largest absolute Gasteiger partial charge is 0.399 e. The number of amides is 1. The van der Waals surface area contributed by atoms with Crippen molar-refractivity contribution < 1.29 is 13.2 Å². The number of nitrogens with zero attached hydrogens (tertiary/aromatic N) is 1. The maximum atomic E-state index is 12.6. The van der Waals surface area contributed by atoms with Gasteiger partial charge in [0.25, 0.3) is 0 Å². The molecule has 1 fully saturated rings. The van der Waals surface area contributed by atoms with Gasteiger partial charge in [0.2, 0.25) is 5.91 Å². The number of anilines is 1. The zero-order valence-corrected chi connectivity index (χ0v) is 13.7. The van der Waals surface area contributed by atoms with Crippen molar-refractivity contribution in [3.8, 4) is 6.07 Å². The first-order chi connectivity index (χ1) is 10.9. The normalized spacial score (nSPS) is 21.3. The summed E-state index contributed by atoms with van der Waals surface area (Å²) < 4.78 is 25.1. The number of rotatable bonds is 5. The zero-order valence-electron chi connectivity index (χ0n) is 12.9. The molecule has 0 radical (unpaired) electrons. The van der Waals surface area contributed by atoms with Crippen LogP contribution in [-0.4, -0.2) is 26.6 Å². The predicted octanol–water partition coefficient (Wildman–Crippen LogP) is 1.49. The molecule has 23 heavy (non-hydrogen) atoms. The summed E-state index contributed by atoms with van der Waals surface area (Å²) in [6, 6.07) is 7.99. The second-order valence-electron chi connectivity index (χ2n) is 5.88. The van der Waals surface area contributed by atoms with E-state index < -0.39 is 9.84 Å². The topological polar surface area (TPSA) is 113 Å². The molecule has 0 aliphatic heterocycles. The molecule has 1 aliphatic rings. The van der Waals surface area contributed by atoms with E-state index in [-0.39, 0.29) is 34.9 Å². The standard InChI is InChI=1S/C16H21N3O3S/c17-9-10-19-16(20)15-4-2-1-3-12(15)11-23(21,22)14-7-5-13(18)6-8-14/h5-8,12,15H,1-4,10-11,18H2,(H,19,20)/t12-,15+/m0/s1. The lowest BCUT2D eigenvalue weighted by molar-refractivity contribution is -0.127. The van der Waals surface area contributed by atoms with Crippen molar-refractivity contribution in [2.75, 3.05) is 18.0 Å². The Labute approximate surface area is 136 Å². The Morgan fingerprint density at radius 3 is 2.57 bits per heavy atom. The minimum absolute atomic E-state index is 0.0488. The van der Waals surface area contributed by atoms with Crippen LogP contribution in [0.1, 0.15) is 25.7 Å². The highest BCUT2D eigenvalue weighted by Gasteiger charge is 2.34. The Bertz CT molecular complexity index is 692. The molecule has 0 spiro atoms. The highest BCUT2D eigenvalue weighted by molar-refractivity contribution is 7.91. The van der Waals surface area contributed by atoms with Crippen LogP contribution in [0.3, 0.4) is 0 Å². The van der Waals surface area contributed by atoms with Crippen molar-refractivity contribution in [2.24, 2.45) is 11.8 Å². The van der Waals surface area contributed by atoms with Crippen LogP contribution in [0.5, 0.6) is 0 Å². The summed E-state index contributed by atoms with van der Waals surface area (Å²) in [5.41, 5.74) is 6.10. The third-order valence-corrected chi connectivity index (χ3v) is 6.12. The van der Waals surface area contributed by atoms with Gasteiger partial charge >= 0.3 is 0 Å². The third kappa shape index (κ3) is 4.45. The van der Waals surface area contributed by atoms with Gasteiger partial charge in [-0.05, 0) is 43.0 Å². The van der Waals surface area contributed by atoms with Crippen LogP contribution in [0.25, 0.3) is 0 Å². The van der Waals surface area contributed by atoms with Gasteiger partial charge in [-0.1, -0.05) is 12.8 Å². The molecule has 6 nitrogen and oxygen atoms in total. The fraction of sp³-hybridized carbons (Fsp3) is 0.500. The first-order valence-electron chi connectivity index (χ1n) is 7.67. The van der Waals surface area contributed by atoms with Gasteiger partial charge in [0.15, 0.2) is 9.84 Å². The van der Waals surface area contributed by atoms with Gasteiger partial charge in [-0.2, -0.15) is 5.26 Å². The van der Waals surface area contributed by atoms with Crippen LogP contribution in [0.2, 0.25) is 0 Å². The van der Waals surface area contributed by atoms with Gasteiger partial charge in [0.05, 0.1) is 16.7 Å². The molecule has 2 atom stereocenters. The van der Waals surface area contributed by atoms with E-state index in [9.17, 15) is 13.2 Å². The number of benzene rings is 1. The summed E-state index contributed by atoms with van der Waals surface area (Å²) in [5.74, 6) is -0.837. The van der Waals surface area contributed by atoms with Crippen molar-refractivity contribution in [1.82, 2.24) is 5.32 Å². The number of hydrogen-bond donors (Lipinski definition) is 2. The lowest BCUT2D eigenvalue weighted by Crippen LogP contribution is -2.39. The van der Waals surface area contributed by atoms with Crippen molar-refractivity contribution in [3.63, 3.8) is 0 Å². The lowest BCUT2D eigenvalue weighted by Gasteiger charge is -2.30. The Morgan fingerprint density at radius 1 is 1.26 bits per heavy atom. The average Bonchev–Trinajstić information content (AvgIpc) is 2.53. The highest BCUT2D eigenvalue weighted by atomic mass is 32.2. The number of nitrogen functional groups attached to an aromatic ring is 1. The molecule has 124 valence electrons. The van der Waals surface area contributed by atoms with Crippen molar-refractivity contribution >= 4 is 21.4 Å². The smallest absolute Gasteiger partial charge is 0.224 e. The SMILES string of the molecule is N#CCNC(=O)[C@@H]1CCCC[C@H]1CS(=O)(=O)c1ccc(N)cc1. The van der Waals surface area contributed by atoms with Crippen LogP contribution in [0, 0.1) is 23.2 Å². The van der Waals surface area contributed by atoms with Gasteiger partial charge in [0.1, 0.15) is 6.54 Å². The minimum atomic E-state index is -3.46. The molecular formula is C16H21N3O3S. The van der Waals surface area contributed by atoms with E-state index in [2.05, 4.69) is 5.32 Å². The number of nitrogens with one attached hydrogen (secondary N) is 1. The maximum Gasteiger partial charge on any atom is 0.224 e. The molecule has 7 heteroatoms. The number of sulfone groups is 1. The fourth-order valence-corrected chi connectivity index (χ4v) is 4.77. The van der Waals surface area contributed by atoms with E-state index in [0.29, 0.717) is 18.5 Å². The van der Waals surface area contributed by atoms with E-state index in [1.165, 1.54) is 12.1 Å². The number of nitriles is 1. The molecule has 2 rings (SSSR count). The van der Waals surface area contributed by atoms with Gasteiger partial charge in [0, 0.05) is 11.6 Å². The molecule has 0 heterocycles. The van der Waals surface area contributed by atoms with Gasteiger partial charge in [-0.25, -0.2) is 8.42 Å². The Balaban J connectivity index is 2.13. The summed E-state index contributed by atoms with van der Waals surface area (Å²) in [6.07, 6.45) is 3.20. The molecule has 0 unspecified atom stereocenters. The molecule has 0 aromatic heterocycles. The second kappa shape index (κ2) is 7.47. The molecule has 0 saturated heterocycles. The molecule has 1 aromatic carbocycles. The van der Waals surface area contributed by atoms with Crippen LogP contribution >= 0.6 is 0 Å². The van der Waals surface area contributed by atoms with Crippen molar-refractivity contribution in [3.05, 3.63) is 24.3 Å². The molecule has 1 saturated carbocycles. The summed E-state index contributed by atoms with van der Waals surface area (Å²) in [7, 11) is -3.46.